The van der Waals surface area contributed by atoms with Crippen molar-refractivity contribution in [2.75, 3.05) is 0 Å². The van der Waals surface area contributed by atoms with Crippen LogP contribution in [0.25, 0.3) is 83.3 Å². The highest BCUT2D eigenvalue weighted by Crippen LogP contribution is 2.34. The fourth-order valence-corrected chi connectivity index (χ4v) is 6.69. The second kappa shape index (κ2) is 11.2. The molecule has 220 valence electrons. The molecule has 0 unspecified atom stereocenters. The molecule has 9 aromatic rings. The highest BCUT2D eigenvalue weighted by molar-refractivity contribution is 6.09. The molecule has 0 aliphatic carbocycles. The van der Waals surface area contributed by atoms with Crippen LogP contribution in [0.5, 0.6) is 0 Å². The number of rotatable bonds is 5. The van der Waals surface area contributed by atoms with E-state index in [-0.39, 0.29) is 0 Å². The van der Waals surface area contributed by atoms with Crippen LogP contribution in [0.2, 0.25) is 0 Å². The summed E-state index contributed by atoms with van der Waals surface area (Å²) in [6.45, 7) is 0. The molecule has 0 N–H and O–H groups in total. The Hall–Kier alpha value is -6.32. The Morgan fingerprint density at radius 2 is 0.766 bits per heavy atom. The van der Waals surface area contributed by atoms with Crippen molar-refractivity contribution in [1.29, 1.82) is 0 Å². The molecule has 9 rings (SSSR count). The van der Waals surface area contributed by atoms with Crippen LogP contribution in [0.15, 0.2) is 176 Å². The lowest BCUT2D eigenvalue weighted by molar-refractivity contribution is 1.18. The number of hydrogen-bond donors (Lipinski definition) is 0. The largest absolute Gasteiger partial charge is 0.309 e. The standard InChI is InChI=1S/C44H29N3/c1-2-10-35(11-3-1)44-45-40-15-7-4-14-39(40)43(46-44)34-24-22-32(23-25-34)30-18-20-31(21-19-30)33-26-28-36(29-27-33)47-41-16-8-5-12-37(41)38-13-6-9-17-42(38)47/h1-29H. The van der Waals surface area contributed by atoms with Gasteiger partial charge in [-0.05, 0) is 52.6 Å². The van der Waals surface area contributed by atoms with Crippen molar-refractivity contribution in [2.45, 2.75) is 0 Å². The summed E-state index contributed by atoms with van der Waals surface area (Å²) in [5, 5.41) is 3.60. The Balaban J connectivity index is 1.00. The molecular formula is C44H29N3. The number of para-hydroxylation sites is 3. The van der Waals surface area contributed by atoms with Crippen molar-refractivity contribution < 1.29 is 0 Å². The average molecular weight is 600 g/mol. The van der Waals surface area contributed by atoms with E-state index in [1.165, 1.54) is 44.1 Å². The topological polar surface area (TPSA) is 30.7 Å². The molecule has 0 bridgehead atoms. The molecule has 0 saturated carbocycles. The first-order valence-corrected chi connectivity index (χ1v) is 15.9. The van der Waals surface area contributed by atoms with Crippen LogP contribution in [0.1, 0.15) is 0 Å². The zero-order valence-corrected chi connectivity index (χ0v) is 25.6. The molecule has 0 spiro atoms. The van der Waals surface area contributed by atoms with Gasteiger partial charge in [0.15, 0.2) is 5.82 Å². The van der Waals surface area contributed by atoms with Crippen molar-refractivity contribution >= 4 is 32.7 Å². The first-order chi connectivity index (χ1) is 23.3. The summed E-state index contributed by atoms with van der Waals surface area (Å²) < 4.78 is 2.36. The van der Waals surface area contributed by atoms with E-state index in [0.717, 1.165) is 39.2 Å². The highest BCUT2D eigenvalue weighted by atomic mass is 15.0. The minimum atomic E-state index is 0.738. The van der Waals surface area contributed by atoms with Gasteiger partial charge in [0.05, 0.1) is 22.2 Å². The maximum atomic E-state index is 5.03. The molecule has 0 saturated heterocycles. The lowest BCUT2D eigenvalue weighted by Crippen LogP contribution is -1.95. The number of hydrogen-bond acceptors (Lipinski definition) is 2. The summed E-state index contributed by atoms with van der Waals surface area (Å²) >= 11 is 0. The summed E-state index contributed by atoms with van der Waals surface area (Å²) in [7, 11) is 0. The van der Waals surface area contributed by atoms with Crippen molar-refractivity contribution in [3.63, 3.8) is 0 Å². The van der Waals surface area contributed by atoms with Gasteiger partial charge in [-0.25, -0.2) is 9.97 Å². The third-order valence-electron chi connectivity index (χ3n) is 9.05. The van der Waals surface area contributed by atoms with Crippen LogP contribution in [0.3, 0.4) is 0 Å². The number of aromatic nitrogens is 3. The van der Waals surface area contributed by atoms with E-state index in [2.05, 4.69) is 150 Å². The lowest BCUT2D eigenvalue weighted by atomic mass is 9.98. The third kappa shape index (κ3) is 4.77. The Morgan fingerprint density at radius 3 is 1.34 bits per heavy atom. The maximum Gasteiger partial charge on any atom is 0.160 e. The SMILES string of the molecule is c1ccc(-c2nc(-c3ccc(-c4ccc(-c5ccc(-n6c7ccccc7c7ccccc76)cc5)cc4)cc3)c3ccccc3n2)cc1. The van der Waals surface area contributed by atoms with Crippen LogP contribution in [0, 0.1) is 0 Å². The molecule has 0 amide bonds. The molecular weight excluding hydrogens is 571 g/mol. The number of nitrogens with zero attached hydrogens (tertiary/aromatic N) is 3. The van der Waals surface area contributed by atoms with Crippen LogP contribution in [0.4, 0.5) is 0 Å². The molecule has 0 aliphatic rings. The van der Waals surface area contributed by atoms with E-state index in [9.17, 15) is 0 Å². The predicted octanol–water partition coefficient (Wildman–Crippen LogP) is 11.4. The summed E-state index contributed by atoms with van der Waals surface area (Å²) in [5.74, 6) is 0.738. The molecule has 3 nitrogen and oxygen atoms in total. The molecule has 3 heteroatoms. The Labute approximate surface area is 273 Å². The zero-order chi connectivity index (χ0) is 31.2. The molecule has 0 aliphatic heterocycles. The lowest BCUT2D eigenvalue weighted by Gasteiger charge is -2.11. The van der Waals surface area contributed by atoms with Gasteiger partial charge in [-0.2, -0.15) is 0 Å². The normalized spacial score (nSPS) is 11.4. The van der Waals surface area contributed by atoms with E-state index < -0.39 is 0 Å². The van der Waals surface area contributed by atoms with Gasteiger partial charge in [0, 0.05) is 33.0 Å². The third-order valence-corrected chi connectivity index (χ3v) is 9.05. The van der Waals surface area contributed by atoms with Gasteiger partial charge in [-0.3, -0.25) is 0 Å². The van der Waals surface area contributed by atoms with Gasteiger partial charge in [-0.1, -0.05) is 146 Å². The Kier molecular flexibility index (Phi) is 6.46. The molecule has 7 aromatic carbocycles. The Bertz CT molecular complexity index is 2470. The van der Waals surface area contributed by atoms with Gasteiger partial charge in [0.1, 0.15) is 0 Å². The smallest absolute Gasteiger partial charge is 0.160 e. The van der Waals surface area contributed by atoms with Crippen molar-refractivity contribution in [3.05, 3.63) is 176 Å². The fraction of sp³-hybridized carbons (Fsp3) is 0. The maximum absolute atomic E-state index is 5.03. The average Bonchev–Trinajstić information content (AvgIpc) is 3.49. The van der Waals surface area contributed by atoms with E-state index >= 15 is 0 Å². The van der Waals surface area contributed by atoms with Crippen LogP contribution < -0.4 is 0 Å². The number of fused-ring (bicyclic) bond motifs is 4. The van der Waals surface area contributed by atoms with Crippen molar-refractivity contribution in [3.8, 4) is 50.6 Å². The van der Waals surface area contributed by atoms with Gasteiger partial charge < -0.3 is 4.57 Å². The van der Waals surface area contributed by atoms with E-state index in [1.54, 1.807) is 0 Å². The molecule has 2 heterocycles. The molecule has 0 radical (unpaired) electrons. The van der Waals surface area contributed by atoms with Gasteiger partial charge >= 0.3 is 0 Å². The molecule has 0 fully saturated rings. The second-order valence-electron chi connectivity index (χ2n) is 11.9. The highest BCUT2D eigenvalue weighted by Gasteiger charge is 2.13. The minimum Gasteiger partial charge on any atom is -0.309 e. The van der Waals surface area contributed by atoms with E-state index in [0.29, 0.717) is 0 Å². The number of benzene rings is 7. The molecule has 0 atom stereocenters. The summed E-state index contributed by atoms with van der Waals surface area (Å²) in [4.78, 5) is 9.89. The second-order valence-corrected chi connectivity index (χ2v) is 11.9. The van der Waals surface area contributed by atoms with Crippen molar-refractivity contribution in [2.24, 2.45) is 0 Å². The van der Waals surface area contributed by atoms with Crippen molar-refractivity contribution in [1.82, 2.24) is 14.5 Å². The van der Waals surface area contributed by atoms with Crippen LogP contribution in [-0.2, 0) is 0 Å². The summed E-state index contributed by atoms with van der Waals surface area (Å²) in [6, 6.07) is 62.1. The molecule has 47 heavy (non-hydrogen) atoms. The zero-order valence-electron chi connectivity index (χ0n) is 25.6. The minimum absolute atomic E-state index is 0.738. The summed E-state index contributed by atoms with van der Waals surface area (Å²) in [5.41, 5.74) is 12.3. The van der Waals surface area contributed by atoms with E-state index in [4.69, 9.17) is 9.97 Å². The van der Waals surface area contributed by atoms with Crippen LogP contribution in [-0.4, -0.2) is 14.5 Å². The fourth-order valence-electron chi connectivity index (χ4n) is 6.69. The quantitative estimate of drug-likeness (QED) is 0.197. The monoisotopic (exact) mass is 599 g/mol. The van der Waals surface area contributed by atoms with Gasteiger partial charge in [0.25, 0.3) is 0 Å². The first-order valence-electron chi connectivity index (χ1n) is 15.9. The van der Waals surface area contributed by atoms with Gasteiger partial charge in [0.2, 0.25) is 0 Å². The van der Waals surface area contributed by atoms with E-state index in [1.807, 2.05) is 30.3 Å². The van der Waals surface area contributed by atoms with Gasteiger partial charge in [-0.15, -0.1) is 0 Å². The summed E-state index contributed by atoms with van der Waals surface area (Å²) in [6.07, 6.45) is 0. The molecule has 2 aromatic heterocycles. The van der Waals surface area contributed by atoms with Crippen LogP contribution >= 0.6 is 0 Å². The Morgan fingerprint density at radius 1 is 0.319 bits per heavy atom. The predicted molar refractivity (Wildman–Crippen MR) is 196 cm³/mol. The first kappa shape index (κ1) is 27.0.